The smallest absolute Gasteiger partial charge is 0.270 e. The third kappa shape index (κ3) is 2.48. The Morgan fingerprint density at radius 1 is 1.56 bits per heavy atom. The SMILES string of the molecule is CCOCCNC(=O)c1c(C)nc2cnccn12. The zero-order chi connectivity index (χ0) is 13.0. The van der Waals surface area contributed by atoms with Gasteiger partial charge in [0.15, 0.2) is 5.65 Å². The van der Waals surface area contributed by atoms with Crippen LogP contribution in [0.5, 0.6) is 0 Å². The zero-order valence-corrected chi connectivity index (χ0v) is 10.5. The first-order valence-corrected chi connectivity index (χ1v) is 5.88. The number of fused-ring (bicyclic) bond motifs is 1. The van der Waals surface area contributed by atoms with Crippen molar-refractivity contribution in [2.75, 3.05) is 19.8 Å². The molecule has 1 amide bonds. The molecule has 0 aliphatic carbocycles. The van der Waals surface area contributed by atoms with Crippen molar-refractivity contribution >= 4 is 11.6 Å². The maximum absolute atomic E-state index is 12.1. The van der Waals surface area contributed by atoms with Gasteiger partial charge in [-0.2, -0.15) is 0 Å². The minimum Gasteiger partial charge on any atom is -0.380 e. The predicted molar refractivity (Wildman–Crippen MR) is 66.6 cm³/mol. The zero-order valence-electron chi connectivity index (χ0n) is 10.5. The average Bonchev–Trinajstić information content (AvgIpc) is 2.70. The summed E-state index contributed by atoms with van der Waals surface area (Å²) in [5.41, 5.74) is 1.91. The lowest BCUT2D eigenvalue weighted by atomic mass is 10.3. The fraction of sp³-hybridized carbons (Fsp3) is 0.417. The van der Waals surface area contributed by atoms with Crippen molar-refractivity contribution < 1.29 is 9.53 Å². The number of aromatic nitrogens is 3. The van der Waals surface area contributed by atoms with Crippen molar-refractivity contribution in [1.82, 2.24) is 19.7 Å². The van der Waals surface area contributed by atoms with E-state index in [1.54, 1.807) is 23.0 Å². The molecule has 6 nitrogen and oxygen atoms in total. The molecule has 0 aliphatic rings. The highest BCUT2D eigenvalue weighted by Gasteiger charge is 2.15. The van der Waals surface area contributed by atoms with Crippen molar-refractivity contribution in [3.8, 4) is 0 Å². The van der Waals surface area contributed by atoms with E-state index in [1.165, 1.54) is 0 Å². The van der Waals surface area contributed by atoms with Crippen LogP contribution in [0, 0.1) is 6.92 Å². The highest BCUT2D eigenvalue weighted by atomic mass is 16.5. The summed E-state index contributed by atoms with van der Waals surface area (Å²) in [6.07, 6.45) is 4.99. The number of nitrogens with zero attached hydrogens (tertiary/aromatic N) is 3. The van der Waals surface area contributed by atoms with Crippen LogP contribution in [0.2, 0.25) is 0 Å². The highest BCUT2D eigenvalue weighted by Crippen LogP contribution is 2.10. The Labute approximate surface area is 105 Å². The van der Waals surface area contributed by atoms with Crippen molar-refractivity contribution in [2.45, 2.75) is 13.8 Å². The van der Waals surface area contributed by atoms with E-state index in [9.17, 15) is 4.79 Å². The molecule has 96 valence electrons. The maximum atomic E-state index is 12.1. The lowest BCUT2D eigenvalue weighted by Crippen LogP contribution is -2.28. The van der Waals surface area contributed by atoms with Gasteiger partial charge >= 0.3 is 0 Å². The van der Waals surface area contributed by atoms with Crippen LogP contribution in [-0.2, 0) is 4.74 Å². The molecule has 0 spiro atoms. The van der Waals surface area contributed by atoms with Crippen LogP contribution in [0.4, 0.5) is 0 Å². The van der Waals surface area contributed by atoms with Crippen LogP contribution in [0.1, 0.15) is 23.1 Å². The first kappa shape index (κ1) is 12.5. The van der Waals surface area contributed by atoms with Crippen LogP contribution in [-0.4, -0.2) is 40.0 Å². The maximum Gasteiger partial charge on any atom is 0.270 e. The molecule has 18 heavy (non-hydrogen) atoms. The van der Waals surface area contributed by atoms with Crippen molar-refractivity contribution in [2.24, 2.45) is 0 Å². The molecule has 0 saturated heterocycles. The van der Waals surface area contributed by atoms with E-state index in [1.807, 2.05) is 13.8 Å². The number of rotatable bonds is 5. The quantitative estimate of drug-likeness (QED) is 0.795. The molecule has 0 radical (unpaired) electrons. The van der Waals surface area contributed by atoms with E-state index < -0.39 is 0 Å². The van der Waals surface area contributed by atoms with Crippen molar-refractivity contribution in [3.63, 3.8) is 0 Å². The Balaban J connectivity index is 2.14. The first-order chi connectivity index (χ1) is 8.74. The number of hydrogen-bond acceptors (Lipinski definition) is 4. The molecular formula is C12H16N4O2. The molecule has 1 N–H and O–H groups in total. The second kappa shape index (κ2) is 5.59. The van der Waals surface area contributed by atoms with E-state index in [0.717, 1.165) is 0 Å². The fourth-order valence-corrected chi connectivity index (χ4v) is 1.76. The van der Waals surface area contributed by atoms with Gasteiger partial charge in [0.05, 0.1) is 18.5 Å². The standard InChI is InChI=1S/C12H16N4O2/c1-3-18-7-5-14-12(17)11-9(2)15-10-8-13-4-6-16(10)11/h4,6,8H,3,5,7H2,1-2H3,(H,14,17). The monoisotopic (exact) mass is 248 g/mol. The summed E-state index contributed by atoms with van der Waals surface area (Å²) in [5.74, 6) is -0.147. The number of carbonyl (C=O) groups is 1. The van der Waals surface area contributed by atoms with Gasteiger partial charge < -0.3 is 10.1 Å². The molecule has 0 aromatic carbocycles. The first-order valence-electron chi connectivity index (χ1n) is 5.88. The predicted octanol–water partition coefficient (Wildman–Crippen LogP) is 0.804. The number of hydrogen-bond donors (Lipinski definition) is 1. The lowest BCUT2D eigenvalue weighted by molar-refractivity contribution is 0.0916. The summed E-state index contributed by atoms with van der Waals surface area (Å²) in [6.45, 7) is 5.38. The second-order valence-corrected chi connectivity index (χ2v) is 3.80. The third-order valence-electron chi connectivity index (χ3n) is 2.56. The Morgan fingerprint density at radius 3 is 3.17 bits per heavy atom. The van der Waals surface area contributed by atoms with Gasteiger partial charge in [-0.05, 0) is 13.8 Å². The van der Waals surface area contributed by atoms with Gasteiger partial charge in [0.25, 0.3) is 5.91 Å². The minimum absolute atomic E-state index is 0.147. The van der Waals surface area contributed by atoms with Gasteiger partial charge in [0, 0.05) is 25.5 Å². The van der Waals surface area contributed by atoms with Crippen LogP contribution in [0.25, 0.3) is 5.65 Å². The van der Waals surface area contributed by atoms with E-state index >= 15 is 0 Å². The fourth-order valence-electron chi connectivity index (χ4n) is 1.76. The Kier molecular flexibility index (Phi) is 3.88. The van der Waals surface area contributed by atoms with Gasteiger partial charge in [-0.25, -0.2) is 4.98 Å². The number of aryl methyl sites for hydroxylation is 1. The minimum atomic E-state index is -0.147. The van der Waals surface area contributed by atoms with E-state index in [-0.39, 0.29) is 5.91 Å². The largest absolute Gasteiger partial charge is 0.380 e. The molecule has 2 rings (SSSR count). The van der Waals surface area contributed by atoms with Gasteiger partial charge in [-0.15, -0.1) is 0 Å². The molecule has 0 fully saturated rings. The topological polar surface area (TPSA) is 68.5 Å². The van der Waals surface area contributed by atoms with Gasteiger partial charge in [0.2, 0.25) is 0 Å². The highest BCUT2D eigenvalue weighted by molar-refractivity contribution is 5.94. The number of carbonyl (C=O) groups excluding carboxylic acids is 1. The van der Waals surface area contributed by atoms with Gasteiger partial charge in [0.1, 0.15) is 5.69 Å². The van der Waals surface area contributed by atoms with Crippen LogP contribution in [0.3, 0.4) is 0 Å². The normalized spacial score (nSPS) is 10.8. The molecule has 6 heteroatoms. The second-order valence-electron chi connectivity index (χ2n) is 3.80. The average molecular weight is 248 g/mol. The summed E-state index contributed by atoms with van der Waals surface area (Å²) in [6, 6.07) is 0. The molecule has 2 aromatic heterocycles. The molecule has 0 unspecified atom stereocenters. The summed E-state index contributed by atoms with van der Waals surface area (Å²) >= 11 is 0. The molecule has 0 atom stereocenters. The number of amides is 1. The number of ether oxygens (including phenoxy) is 1. The molecule has 0 aliphatic heterocycles. The summed E-state index contributed by atoms with van der Waals surface area (Å²) in [7, 11) is 0. The molecule has 0 bridgehead atoms. The lowest BCUT2D eigenvalue weighted by Gasteiger charge is -2.05. The van der Waals surface area contributed by atoms with Crippen LogP contribution in [0.15, 0.2) is 18.6 Å². The molecule has 2 aromatic rings. The summed E-state index contributed by atoms with van der Waals surface area (Å²) < 4.78 is 6.91. The summed E-state index contributed by atoms with van der Waals surface area (Å²) in [5, 5.41) is 2.81. The molecule has 0 saturated carbocycles. The molecular weight excluding hydrogens is 232 g/mol. The number of imidazole rings is 1. The van der Waals surface area contributed by atoms with Crippen molar-refractivity contribution in [3.05, 3.63) is 30.0 Å². The third-order valence-corrected chi connectivity index (χ3v) is 2.56. The van der Waals surface area contributed by atoms with E-state index in [4.69, 9.17) is 4.74 Å². The van der Waals surface area contributed by atoms with E-state index in [2.05, 4.69) is 15.3 Å². The van der Waals surface area contributed by atoms with Crippen LogP contribution < -0.4 is 5.32 Å². The Morgan fingerprint density at radius 2 is 2.39 bits per heavy atom. The van der Waals surface area contributed by atoms with Crippen LogP contribution >= 0.6 is 0 Å². The molecule has 2 heterocycles. The van der Waals surface area contributed by atoms with Gasteiger partial charge in [-0.3, -0.25) is 14.2 Å². The van der Waals surface area contributed by atoms with E-state index in [0.29, 0.717) is 36.8 Å². The van der Waals surface area contributed by atoms with Crippen molar-refractivity contribution in [1.29, 1.82) is 0 Å². The number of nitrogens with one attached hydrogen (secondary N) is 1. The Hall–Kier alpha value is -1.95. The summed E-state index contributed by atoms with van der Waals surface area (Å²) in [4.78, 5) is 20.3. The van der Waals surface area contributed by atoms with Gasteiger partial charge in [-0.1, -0.05) is 0 Å². The Bertz CT molecular complexity index is 550.